The van der Waals surface area contributed by atoms with E-state index in [9.17, 15) is 9.18 Å². The number of ketones is 1. The van der Waals surface area contributed by atoms with Crippen LogP contribution in [0.5, 0.6) is 5.75 Å². The third-order valence-corrected chi connectivity index (χ3v) is 3.33. The van der Waals surface area contributed by atoms with Crippen LogP contribution in [0.15, 0.2) is 48.5 Å². The Morgan fingerprint density at radius 1 is 1.19 bits per heavy atom. The molecule has 2 aromatic carbocycles. The van der Waals surface area contributed by atoms with Crippen LogP contribution in [-0.4, -0.2) is 26.5 Å². The Kier molecular flexibility index (Phi) is 4.93. The maximum atomic E-state index is 12.8. The number of ether oxygens (including phenoxy) is 1. The summed E-state index contributed by atoms with van der Waals surface area (Å²) in [5.74, 6) is 0.453. The first-order chi connectivity index (χ1) is 10.1. The molecular formula is C17H18FNO2. The Hall–Kier alpha value is -2.36. The van der Waals surface area contributed by atoms with E-state index in [1.54, 1.807) is 7.11 Å². The summed E-state index contributed by atoms with van der Waals surface area (Å²) in [5, 5.41) is 0. The summed E-state index contributed by atoms with van der Waals surface area (Å²) in [4.78, 5) is 14.0. The van der Waals surface area contributed by atoms with Crippen molar-refractivity contribution >= 4 is 11.5 Å². The summed E-state index contributed by atoms with van der Waals surface area (Å²) in [6, 6.07) is 13.3. The molecule has 0 aromatic heterocycles. The molecule has 21 heavy (non-hydrogen) atoms. The van der Waals surface area contributed by atoms with Crippen molar-refractivity contribution in [3.63, 3.8) is 0 Å². The predicted octanol–water partition coefficient (Wildman–Crippen LogP) is 3.54. The van der Waals surface area contributed by atoms with Gasteiger partial charge in [-0.25, -0.2) is 4.39 Å². The first kappa shape index (κ1) is 15.0. The first-order valence-corrected chi connectivity index (χ1v) is 6.74. The maximum absolute atomic E-state index is 12.8. The van der Waals surface area contributed by atoms with Gasteiger partial charge < -0.3 is 9.64 Å². The highest BCUT2D eigenvalue weighted by Gasteiger charge is 2.09. The summed E-state index contributed by atoms with van der Waals surface area (Å²) in [6.45, 7) is 0.587. The van der Waals surface area contributed by atoms with E-state index in [4.69, 9.17) is 4.74 Å². The Morgan fingerprint density at radius 3 is 2.57 bits per heavy atom. The van der Waals surface area contributed by atoms with Crippen molar-refractivity contribution in [3.8, 4) is 5.75 Å². The zero-order valence-electron chi connectivity index (χ0n) is 12.2. The van der Waals surface area contributed by atoms with Gasteiger partial charge in [0.1, 0.15) is 11.6 Å². The lowest BCUT2D eigenvalue weighted by Crippen LogP contribution is -2.21. The molecule has 0 amide bonds. The molecule has 0 bridgehead atoms. The fraction of sp³-hybridized carbons (Fsp3) is 0.235. The Bertz CT molecular complexity index is 610. The normalized spacial score (nSPS) is 10.2. The number of hydrogen-bond donors (Lipinski definition) is 0. The van der Waals surface area contributed by atoms with Gasteiger partial charge in [0.25, 0.3) is 0 Å². The Balaban J connectivity index is 1.95. The van der Waals surface area contributed by atoms with E-state index in [2.05, 4.69) is 0 Å². The SMILES string of the molecule is COc1cccc(N(C)CCC(=O)c2ccc(F)cc2)c1. The first-order valence-electron chi connectivity index (χ1n) is 6.74. The van der Waals surface area contributed by atoms with Crippen LogP contribution in [0, 0.1) is 5.82 Å². The minimum Gasteiger partial charge on any atom is -0.497 e. The zero-order chi connectivity index (χ0) is 15.2. The molecular weight excluding hydrogens is 269 g/mol. The van der Waals surface area contributed by atoms with Gasteiger partial charge in [0.2, 0.25) is 0 Å². The van der Waals surface area contributed by atoms with Crippen molar-refractivity contribution in [2.45, 2.75) is 6.42 Å². The fourth-order valence-electron chi connectivity index (χ4n) is 2.03. The summed E-state index contributed by atoms with van der Waals surface area (Å²) in [6.07, 6.45) is 0.374. The largest absolute Gasteiger partial charge is 0.497 e. The number of benzene rings is 2. The van der Waals surface area contributed by atoms with E-state index in [-0.39, 0.29) is 11.6 Å². The van der Waals surface area contributed by atoms with E-state index < -0.39 is 0 Å². The molecule has 0 aliphatic rings. The molecule has 110 valence electrons. The average Bonchev–Trinajstić information content (AvgIpc) is 2.53. The number of carbonyl (C=O) groups is 1. The number of nitrogens with zero attached hydrogens (tertiary/aromatic N) is 1. The number of anilines is 1. The van der Waals surface area contributed by atoms with Gasteiger partial charge in [-0.05, 0) is 36.4 Å². The summed E-state index contributed by atoms with van der Waals surface area (Å²) in [7, 11) is 3.55. The fourth-order valence-corrected chi connectivity index (χ4v) is 2.03. The minimum atomic E-state index is -0.333. The third kappa shape index (κ3) is 4.05. The van der Waals surface area contributed by atoms with E-state index >= 15 is 0 Å². The highest BCUT2D eigenvalue weighted by molar-refractivity contribution is 5.96. The molecule has 3 nitrogen and oxygen atoms in total. The second-order valence-electron chi connectivity index (χ2n) is 4.80. The van der Waals surface area contributed by atoms with Crippen LogP contribution >= 0.6 is 0 Å². The number of methoxy groups -OCH3 is 1. The molecule has 0 saturated heterocycles. The lowest BCUT2D eigenvalue weighted by molar-refractivity contribution is 0.0985. The molecule has 0 atom stereocenters. The van der Waals surface area contributed by atoms with Crippen LogP contribution in [0.4, 0.5) is 10.1 Å². The van der Waals surface area contributed by atoms with E-state index in [1.165, 1.54) is 24.3 Å². The molecule has 0 radical (unpaired) electrons. The quantitative estimate of drug-likeness (QED) is 0.761. The molecule has 0 fully saturated rings. The average molecular weight is 287 g/mol. The van der Waals surface area contributed by atoms with Crippen molar-refractivity contribution in [1.82, 2.24) is 0 Å². The van der Waals surface area contributed by atoms with Gasteiger partial charge in [-0.2, -0.15) is 0 Å². The molecule has 0 unspecified atom stereocenters. The lowest BCUT2D eigenvalue weighted by Gasteiger charge is -2.19. The van der Waals surface area contributed by atoms with Crippen molar-refractivity contribution in [2.75, 3.05) is 25.6 Å². The number of halogens is 1. The molecule has 4 heteroatoms. The van der Waals surface area contributed by atoms with Crippen LogP contribution in [0.1, 0.15) is 16.8 Å². The Morgan fingerprint density at radius 2 is 1.90 bits per heavy atom. The van der Waals surface area contributed by atoms with Crippen LogP contribution in [-0.2, 0) is 0 Å². The van der Waals surface area contributed by atoms with Crippen molar-refractivity contribution < 1.29 is 13.9 Å². The van der Waals surface area contributed by atoms with E-state index in [0.29, 0.717) is 18.5 Å². The van der Waals surface area contributed by atoms with Gasteiger partial charge in [0, 0.05) is 37.3 Å². The second kappa shape index (κ2) is 6.88. The van der Waals surface area contributed by atoms with Crippen LogP contribution in [0.3, 0.4) is 0 Å². The summed E-state index contributed by atoms with van der Waals surface area (Å²) < 4.78 is 18.0. The zero-order valence-corrected chi connectivity index (χ0v) is 12.2. The van der Waals surface area contributed by atoms with Gasteiger partial charge >= 0.3 is 0 Å². The summed E-state index contributed by atoms with van der Waals surface area (Å²) >= 11 is 0. The van der Waals surface area contributed by atoms with Crippen molar-refractivity contribution in [1.29, 1.82) is 0 Å². The van der Waals surface area contributed by atoms with Gasteiger partial charge in [0.15, 0.2) is 5.78 Å². The number of carbonyl (C=O) groups excluding carboxylic acids is 1. The highest BCUT2D eigenvalue weighted by atomic mass is 19.1. The van der Waals surface area contributed by atoms with E-state index in [0.717, 1.165) is 11.4 Å². The monoisotopic (exact) mass is 287 g/mol. The molecule has 0 spiro atoms. The number of Topliss-reactive ketones (excluding diaryl/α,β-unsaturated/α-hetero) is 1. The van der Waals surface area contributed by atoms with Gasteiger partial charge in [0.05, 0.1) is 7.11 Å². The standard InChI is InChI=1S/C17H18FNO2/c1-19(15-4-3-5-16(12-15)21-2)11-10-17(20)13-6-8-14(18)9-7-13/h3-9,12H,10-11H2,1-2H3. The molecule has 0 heterocycles. The third-order valence-electron chi connectivity index (χ3n) is 3.33. The van der Waals surface area contributed by atoms with Crippen LogP contribution in [0.25, 0.3) is 0 Å². The smallest absolute Gasteiger partial charge is 0.164 e. The predicted molar refractivity (Wildman–Crippen MR) is 81.6 cm³/mol. The van der Waals surface area contributed by atoms with Gasteiger partial charge in [-0.3, -0.25) is 4.79 Å². The van der Waals surface area contributed by atoms with Crippen molar-refractivity contribution in [2.24, 2.45) is 0 Å². The highest BCUT2D eigenvalue weighted by Crippen LogP contribution is 2.20. The molecule has 0 aliphatic heterocycles. The lowest BCUT2D eigenvalue weighted by atomic mass is 10.1. The topological polar surface area (TPSA) is 29.5 Å². The van der Waals surface area contributed by atoms with E-state index in [1.807, 2.05) is 36.2 Å². The van der Waals surface area contributed by atoms with Gasteiger partial charge in [-0.15, -0.1) is 0 Å². The molecule has 2 aromatic rings. The second-order valence-corrected chi connectivity index (χ2v) is 4.80. The van der Waals surface area contributed by atoms with Gasteiger partial charge in [-0.1, -0.05) is 6.07 Å². The van der Waals surface area contributed by atoms with Crippen LogP contribution < -0.4 is 9.64 Å². The molecule has 0 saturated carbocycles. The number of rotatable bonds is 6. The van der Waals surface area contributed by atoms with Crippen LogP contribution in [0.2, 0.25) is 0 Å². The molecule has 2 rings (SSSR count). The minimum absolute atomic E-state index is 0.00439. The van der Waals surface area contributed by atoms with Crippen molar-refractivity contribution in [3.05, 3.63) is 59.9 Å². The Labute approximate surface area is 124 Å². The molecule has 0 N–H and O–H groups in total. The molecule has 0 aliphatic carbocycles. The number of hydrogen-bond acceptors (Lipinski definition) is 3. The maximum Gasteiger partial charge on any atom is 0.164 e. The summed E-state index contributed by atoms with van der Waals surface area (Å²) in [5.41, 5.74) is 1.52.